The van der Waals surface area contributed by atoms with Crippen molar-refractivity contribution < 1.29 is 28.2 Å². The van der Waals surface area contributed by atoms with Crippen LogP contribution in [0, 0.1) is 16.7 Å². The maximum Gasteiger partial charge on any atom is 0.316 e. The Morgan fingerprint density at radius 1 is 1.19 bits per heavy atom. The smallest absolute Gasteiger partial charge is 0.316 e. The van der Waals surface area contributed by atoms with E-state index in [9.17, 15) is 9.59 Å². The fourth-order valence-electron chi connectivity index (χ4n) is 6.37. The molecule has 0 aromatic carbocycles. The van der Waals surface area contributed by atoms with E-state index in [-0.39, 0.29) is 46.6 Å². The molecule has 1 saturated heterocycles. The molecule has 3 rings (SSSR count). The number of carbonyl (C=O) groups is 2. The van der Waals surface area contributed by atoms with Gasteiger partial charge in [-0.15, -0.1) is 0 Å². The van der Waals surface area contributed by atoms with Crippen LogP contribution in [0.2, 0.25) is 18.1 Å². The standard InChI is InChI=1S/C23H41NO6Si/c1-10-24-13-22(14-29-31(8,9)21(3,4)5)12-18(27-6)23(20(26)28-7)17(22)11-16(19(23)24)30-15(2)25/h16-19H,10-14H2,1-9H3/t16-,17+,18-,19?,22-,23-/m0/s1. The summed E-state index contributed by atoms with van der Waals surface area (Å²) in [4.78, 5) is 27.7. The summed E-state index contributed by atoms with van der Waals surface area (Å²) in [6.45, 7) is 16.9. The predicted molar refractivity (Wildman–Crippen MR) is 120 cm³/mol. The van der Waals surface area contributed by atoms with Crippen molar-refractivity contribution in [1.82, 2.24) is 4.90 Å². The van der Waals surface area contributed by atoms with Crippen molar-refractivity contribution in [3.8, 4) is 0 Å². The lowest BCUT2D eigenvalue weighted by Crippen LogP contribution is -2.64. The van der Waals surface area contributed by atoms with Crippen LogP contribution in [0.4, 0.5) is 0 Å². The molecule has 0 amide bonds. The Morgan fingerprint density at radius 2 is 1.84 bits per heavy atom. The van der Waals surface area contributed by atoms with Gasteiger partial charge in [-0.25, -0.2) is 0 Å². The number of hydrogen-bond donors (Lipinski definition) is 0. The van der Waals surface area contributed by atoms with Crippen LogP contribution in [0.5, 0.6) is 0 Å². The molecule has 1 aliphatic heterocycles. The van der Waals surface area contributed by atoms with Crippen molar-refractivity contribution in [3.63, 3.8) is 0 Å². The Balaban J connectivity index is 2.08. The van der Waals surface area contributed by atoms with E-state index in [4.69, 9.17) is 18.6 Å². The fraction of sp³-hybridized carbons (Fsp3) is 0.913. The number of nitrogens with zero attached hydrogens (tertiary/aromatic N) is 1. The second-order valence-corrected chi connectivity index (χ2v) is 16.0. The minimum atomic E-state index is -1.99. The first-order valence-corrected chi connectivity index (χ1v) is 14.4. The van der Waals surface area contributed by atoms with Gasteiger partial charge in [-0.1, -0.05) is 27.7 Å². The van der Waals surface area contributed by atoms with Gasteiger partial charge in [0.15, 0.2) is 8.32 Å². The second-order valence-electron chi connectivity index (χ2n) is 11.2. The SMILES string of the molecule is CCN1C[C@]2(CO[Si](C)(C)C(C)(C)C)C[C@H](OC)[C@]3(C(=O)OC)C1[C@@H](OC(C)=O)C[C@H]23. The molecule has 2 aliphatic carbocycles. The zero-order valence-corrected chi connectivity index (χ0v) is 21.7. The van der Waals surface area contributed by atoms with Crippen LogP contribution in [0.15, 0.2) is 0 Å². The highest BCUT2D eigenvalue weighted by molar-refractivity contribution is 6.74. The molecule has 8 heteroatoms. The van der Waals surface area contributed by atoms with Gasteiger partial charge in [0.1, 0.15) is 11.5 Å². The number of hydrogen-bond acceptors (Lipinski definition) is 7. The summed E-state index contributed by atoms with van der Waals surface area (Å²) in [7, 11) is 1.13. The van der Waals surface area contributed by atoms with Gasteiger partial charge in [-0.2, -0.15) is 0 Å². The number of methoxy groups -OCH3 is 2. The van der Waals surface area contributed by atoms with E-state index in [0.717, 1.165) is 19.5 Å². The van der Waals surface area contributed by atoms with Crippen molar-refractivity contribution in [1.29, 1.82) is 0 Å². The third kappa shape index (κ3) is 3.58. The van der Waals surface area contributed by atoms with Crippen LogP contribution in [0.3, 0.4) is 0 Å². The summed E-state index contributed by atoms with van der Waals surface area (Å²) in [5.41, 5.74) is -1.10. The average molecular weight is 456 g/mol. The highest BCUT2D eigenvalue weighted by atomic mass is 28.4. The first kappa shape index (κ1) is 24.7. The molecule has 0 spiro atoms. The van der Waals surface area contributed by atoms with Gasteiger partial charge in [0.25, 0.3) is 0 Å². The fourth-order valence-corrected chi connectivity index (χ4v) is 7.45. The molecule has 1 unspecified atom stereocenters. The van der Waals surface area contributed by atoms with E-state index in [2.05, 4.69) is 45.7 Å². The molecular formula is C23H41NO6Si. The van der Waals surface area contributed by atoms with Gasteiger partial charge < -0.3 is 18.6 Å². The molecule has 2 saturated carbocycles. The molecular weight excluding hydrogens is 414 g/mol. The van der Waals surface area contributed by atoms with E-state index in [1.54, 1.807) is 7.11 Å². The molecule has 0 aromatic rings. The van der Waals surface area contributed by atoms with Gasteiger partial charge in [0.2, 0.25) is 0 Å². The monoisotopic (exact) mass is 455 g/mol. The Kier molecular flexibility index (Phi) is 6.46. The molecule has 0 aromatic heterocycles. The van der Waals surface area contributed by atoms with Crippen molar-refractivity contribution in [3.05, 3.63) is 0 Å². The number of likely N-dealkylation sites (N-methyl/N-ethyl adjacent to an activating group) is 1. The third-order valence-electron chi connectivity index (χ3n) is 8.74. The van der Waals surface area contributed by atoms with E-state index in [1.165, 1.54) is 14.0 Å². The second kappa shape index (κ2) is 8.11. The third-order valence-corrected chi connectivity index (χ3v) is 13.2. The molecule has 3 fully saturated rings. The van der Waals surface area contributed by atoms with E-state index in [0.29, 0.717) is 13.0 Å². The maximum absolute atomic E-state index is 13.5. The van der Waals surface area contributed by atoms with E-state index < -0.39 is 13.7 Å². The average Bonchev–Trinajstić information content (AvgIpc) is 3.04. The van der Waals surface area contributed by atoms with Crippen LogP contribution in [0.1, 0.15) is 47.5 Å². The number of carbonyl (C=O) groups excluding carboxylic acids is 2. The molecule has 31 heavy (non-hydrogen) atoms. The van der Waals surface area contributed by atoms with Crippen LogP contribution in [-0.2, 0) is 28.2 Å². The van der Waals surface area contributed by atoms with Gasteiger partial charge >= 0.3 is 11.9 Å². The van der Waals surface area contributed by atoms with Gasteiger partial charge in [-0.3, -0.25) is 14.5 Å². The zero-order chi connectivity index (χ0) is 23.4. The van der Waals surface area contributed by atoms with Crippen LogP contribution < -0.4 is 0 Å². The van der Waals surface area contributed by atoms with E-state index in [1.807, 2.05) is 0 Å². The van der Waals surface area contributed by atoms with Crippen LogP contribution >= 0.6 is 0 Å². The largest absolute Gasteiger partial charge is 0.468 e. The van der Waals surface area contributed by atoms with Crippen molar-refractivity contribution in [2.24, 2.45) is 16.7 Å². The van der Waals surface area contributed by atoms with Crippen LogP contribution in [-0.4, -0.2) is 77.3 Å². The van der Waals surface area contributed by atoms with Crippen LogP contribution in [0.25, 0.3) is 0 Å². The lowest BCUT2D eigenvalue weighted by atomic mass is 9.65. The summed E-state index contributed by atoms with van der Waals surface area (Å²) in [5.74, 6) is -0.583. The highest BCUT2D eigenvalue weighted by Crippen LogP contribution is 2.68. The first-order chi connectivity index (χ1) is 14.3. The van der Waals surface area contributed by atoms with Gasteiger partial charge in [-0.05, 0) is 43.4 Å². The quantitative estimate of drug-likeness (QED) is 0.431. The predicted octanol–water partition coefficient (Wildman–Crippen LogP) is 3.23. The lowest BCUT2D eigenvalue weighted by molar-refractivity contribution is -0.179. The minimum Gasteiger partial charge on any atom is -0.468 e. The summed E-state index contributed by atoms with van der Waals surface area (Å²) < 4.78 is 23.9. The molecule has 6 atom stereocenters. The molecule has 7 nitrogen and oxygen atoms in total. The Bertz CT molecular complexity index is 721. The molecule has 0 N–H and O–H groups in total. The molecule has 178 valence electrons. The maximum atomic E-state index is 13.5. The normalized spacial score (nSPS) is 37.7. The molecule has 4 bridgehead atoms. The number of likely N-dealkylation sites (tertiary alicyclic amines) is 1. The summed E-state index contributed by atoms with van der Waals surface area (Å²) in [6.07, 6.45) is 0.734. The lowest BCUT2D eigenvalue weighted by Gasteiger charge is -2.51. The van der Waals surface area contributed by atoms with Gasteiger partial charge in [0, 0.05) is 32.6 Å². The molecule has 1 heterocycles. The highest BCUT2D eigenvalue weighted by Gasteiger charge is 2.79. The summed E-state index contributed by atoms with van der Waals surface area (Å²) in [6, 6.07) is -0.243. The van der Waals surface area contributed by atoms with Crippen molar-refractivity contribution >= 4 is 20.3 Å². The molecule has 3 aliphatic rings. The Hall–Kier alpha value is -0.963. The number of ether oxygens (including phenoxy) is 3. The van der Waals surface area contributed by atoms with Crippen molar-refractivity contribution in [2.45, 2.75) is 83.8 Å². The zero-order valence-electron chi connectivity index (χ0n) is 20.7. The van der Waals surface area contributed by atoms with E-state index >= 15 is 0 Å². The molecule has 0 radical (unpaired) electrons. The Morgan fingerprint density at radius 3 is 2.32 bits per heavy atom. The first-order valence-electron chi connectivity index (χ1n) is 11.5. The van der Waals surface area contributed by atoms with Crippen molar-refractivity contribution in [2.75, 3.05) is 33.9 Å². The van der Waals surface area contributed by atoms with Gasteiger partial charge in [0.05, 0.1) is 19.3 Å². The minimum absolute atomic E-state index is 0.0145. The number of piperidine rings is 1. The number of rotatable bonds is 7. The topological polar surface area (TPSA) is 74.3 Å². The summed E-state index contributed by atoms with van der Waals surface area (Å²) >= 11 is 0. The number of esters is 2. The Labute approximate surface area is 188 Å². The summed E-state index contributed by atoms with van der Waals surface area (Å²) in [5, 5.41) is 0.0972.